The quantitative estimate of drug-likeness (QED) is 0.856. The average Bonchev–Trinajstić information content (AvgIpc) is 2.86. The van der Waals surface area contributed by atoms with E-state index in [0.717, 1.165) is 26.2 Å². The van der Waals surface area contributed by atoms with Crippen molar-refractivity contribution >= 4 is 17.9 Å². The molecule has 0 aliphatic carbocycles. The predicted octanol–water partition coefficient (Wildman–Crippen LogP) is 1.84. The molecule has 1 aromatic carbocycles. The van der Waals surface area contributed by atoms with Crippen molar-refractivity contribution in [1.82, 2.24) is 19.2 Å². The summed E-state index contributed by atoms with van der Waals surface area (Å²) in [5.41, 5.74) is 4.04. The van der Waals surface area contributed by atoms with Crippen LogP contribution in [-0.4, -0.2) is 50.5 Å². The van der Waals surface area contributed by atoms with E-state index in [2.05, 4.69) is 46.9 Å². The second-order valence-electron chi connectivity index (χ2n) is 6.38. The Balaban J connectivity index is 1.65. The van der Waals surface area contributed by atoms with E-state index in [0.29, 0.717) is 17.3 Å². The maximum Gasteiger partial charge on any atom is 0.198 e. The molecule has 0 bridgehead atoms. The van der Waals surface area contributed by atoms with E-state index in [9.17, 15) is 5.11 Å². The average molecular weight is 347 g/mol. The molecule has 0 atom stereocenters. The topological polar surface area (TPSA) is 49.5 Å². The minimum Gasteiger partial charge on any atom is -0.388 e. The Bertz CT molecular complexity index is 774. The fourth-order valence-electron chi connectivity index (χ4n) is 3.16. The van der Waals surface area contributed by atoms with E-state index in [4.69, 9.17) is 12.2 Å². The number of aliphatic hydroxyl groups excluding tert-OH is 1. The van der Waals surface area contributed by atoms with E-state index in [-0.39, 0.29) is 6.61 Å². The summed E-state index contributed by atoms with van der Waals surface area (Å²) < 4.78 is 4.21. The molecule has 7 heteroatoms. The summed E-state index contributed by atoms with van der Waals surface area (Å²) in [5.74, 6) is 0.606. The van der Waals surface area contributed by atoms with Gasteiger partial charge in [-0.1, -0.05) is 12.1 Å². The molecule has 0 saturated carbocycles. The van der Waals surface area contributed by atoms with E-state index < -0.39 is 0 Å². The molecule has 1 aromatic heterocycles. The van der Waals surface area contributed by atoms with Gasteiger partial charge in [-0.2, -0.15) is 5.10 Å². The third-order valence-electron chi connectivity index (χ3n) is 4.90. The monoisotopic (exact) mass is 347 g/mol. The van der Waals surface area contributed by atoms with Gasteiger partial charge in [-0.15, -0.1) is 0 Å². The fourth-order valence-corrected chi connectivity index (χ4v) is 3.36. The Labute approximate surface area is 147 Å². The normalized spacial score (nSPS) is 15.9. The lowest BCUT2D eigenvalue weighted by molar-refractivity contribution is 0.192. The molecule has 0 unspecified atom stereocenters. The van der Waals surface area contributed by atoms with Gasteiger partial charge in [0.1, 0.15) is 6.61 Å². The summed E-state index contributed by atoms with van der Waals surface area (Å²) in [6.45, 7) is 8.88. The number of aliphatic hydroxyl groups is 1. The molecule has 0 spiro atoms. The van der Waals surface area contributed by atoms with Gasteiger partial charge in [-0.25, -0.2) is 4.68 Å². The molecule has 2 heterocycles. The molecule has 1 aliphatic rings. The third-order valence-corrected chi connectivity index (χ3v) is 5.38. The Morgan fingerprint density at radius 2 is 1.88 bits per heavy atom. The van der Waals surface area contributed by atoms with E-state index in [1.807, 2.05) is 7.05 Å². The van der Waals surface area contributed by atoms with Crippen LogP contribution in [0.25, 0.3) is 0 Å². The van der Waals surface area contributed by atoms with Gasteiger partial charge in [0.25, 0.3) is 0 Å². The summed E-state index contributed by atoms with van der Waals surface area (Å²) in [6, 6.07) is 6.50. The van der Waals surface area contributed by atoms with Crippen molar-refractivity contribution < 1.29 is 5.11 Å². The zero-order valence-electron chi connectivity index (χ0n) is 14.6. The van der Waals surface area contributed by atoms with Crippen LogP contribution < -0.4 is 4.90 Å². The number of anilines is 1. The van der Waals surface area contributed by atoms with E-state index >= 15 is 0 Å². The lowest BCUT2D eigenvalue weighted by Gasteiger charge is -2.36. The number of rotatable bonds is 4. The smallest absolute Gasteiger partial charge is 0.198 e. The second kappa shape index (κ2) is 7.04. The molecule has 1 N–H and O–H groups in total. The molecule has 2 aromatic rings. The Kier molecular flexibility index (Phi) is 5.03. The Hall–Kier alpha value is -1.70. The largest absolute Gasteiger partial charge is 0.388 e. The zero-order chi connectivity index (χ0) is 17.3. The van der Waals surface area contributed by atoms with Crippen molar-refractivity contribution in [2.75, 3.05) is 31.1 Å². The Morgan fingerprint density at radius 3 is 2.50 bits per heavy atom. The molecule has 24 heavy (non-hydrogen) atoms. The van der Waals surface area contributed by atoms with Crippen LogP contribution in [0.2, 0.25) is 0 Å². The summed E-state index contributed by atoms with van der Waals surface area (Å²) >= 11 is 5.40. The first kappa shape index (κ1) is 17.1. The highest BCUT2D eigenvalue weighted by Crippen LogP contribution is 2.23. The number of aryl methyl sites for hydroxylation is 1. The van der Waals surface area contributed by atoms with Crippen LogP contribution in [0.15, 0.2) is 18.2 Å². The molecule has 0 radical (unpaired) electrons. The van der Waals surface area contributed by atoms with Gasteiger partial charge in [-0.05, 0) is 43.3 Å². The molecular weight excluding hydrogens is 322 g/mol. The summed E-state index contributed by atoms with van der Waals surface area (Å²) in [5, 5.41) is 13.7. The zero-order valence-corrected chi connectivity index (χ0v) is 15.4. The van der Waals surface area contributed by atoms with Gasteiger partial charge in [-0.3, -0.25) is 4.90 Å². The van der Waals surface area contributed by atoms with Crippen molar-refractivity contribution in [3.63, 3.8) is 0 Å². The van der Waals surface area contributed by atoms with Gasteiger partial charge in [0.15, 0.2) is 10.6 Å². The van der Waals surface area contributed by atoms with Gasteiger partial charge in [0.05, 0.1) is 6.67 Å². The maximum absolute atomic E-state index is 9.31. The third kappa shape index (κ3) is 3.24. The molecule has 6 nitrogen and oxygen atoms in total. The van der Waals surface area contributed by atoms with Crippen LogP contribution in [0.5, 0.6) is 0 Å². The van der Waals surface area contributed by atoms with E-state index in [1.54, 1.807) is 9.25 Å². The fraction of sp³-hybridized carbons (Fsp3) is 0.529. The molecule has 1 aliphatic heterocycles. The van der Waals surface area contributed by atoms with Crippen molar-refractivity contribution in [2.45, 2.75) is 27.1 Å². The Morgan fingerprint density at radius 1 is 1.17 bits per heavy atom. The van der Waals surface area contributed by atoms with Crippen molar-refractivity contribution in [2.24, 2.45) is 7.05 Å². The lowest BCUT2D eigenvalue weighted by atomic mass is 10.1. The number of aromatic nitrogens is 3. The van der Waals surface area contributed by atoms with Gasteiger partial charge < -0.3 is 14.6 Å². The number of nitrogens with zero attached hydrogens (tertiary/aromatic N) is 5. The number of benzene rings is 1. The highest BCUT2D eigenvalue weighted by molar-refractivity contribution is 7.71. The molecule has 0 amide bonds. The maximum atomic E-state index is 9.31. The number of piperazine rings is 1. The number of hydrogen-bond donors (Lipinski definition) is 1. The minimum absolute atomic E-state index is 0.0897. The van der Waals surface area contributed by atoms with E-state index in [1.165, 1.54) is 16.8 Å². The lowest BCUT2D eigenvalue weighted by Crippen LogP contribution is -2.47. The SMILES string of the molecule is Cc1cccc(N2CCN(Cn3nc(CO)n(C)c3=S)CC2)c1C. The molecule has 3 rings (SSSR count). The van der Waals surface area contributed by atoms with Crippen molar-refractivity contribution in [1.29, 1.82) is 0 Å². The first-order valence-corrected chi connectivity index (χ1v) is 8.69. The van der Waals surface area contributed by atoms with Gasteiger partial charge >= 0.3 is 0 Å². The van der Waals surface area contributed by atoms with Gasteiger partial charge in [0.2, 0.25) is 0 Å². The highest BCUT2D eigenvalue weighted by Gasteiger charge is 2.20. The molecule has 1 fully saturated rings. The molecular formula is C17H25N5OS. The van der Waals surface area contributed by atoms with Crippen LogP contribution >= 0.6 is 12.2 Å². The molecule has 1 saturated heterocycles. The minimum atomic E-state index is -0.0897. The van der Waals surface area contributed by atoms with Crippen LogP contribution in [0.1, 0.15) is 17.0 Å². The van der Waals surface area contributed by atoms with Crippen LogP contribution in [0.3, 0.4) is 0 Å². The van der Waals surface area contributed by atoms with Crippen molar-refractivity contribution in [3.8, 4) is 0 Å². The first-order valence-electron chi connectivity index (χ1n) is 8.28. The standard InChI is InChI=1S/C17H25N5OS/c1-13-5-4-6-15(14(13)2)21-9-7-20(8-10-21)12-22-17(24)19(3)16(11-23)18-22/h4-6,23H,7-12H2,1-3H3. The highest BCUT2D eigenvalue weighted by atomic mass is 32.1. The summed E-state index contributed by atoms with van der Waals surface area (Å²) in [7, 11) is 1.84. The predicted molar refractivity (Wildman–Crippen MR) is 97.7 cm³/mol. The first-order chi connectivity index (χ1) is 11.5. The van der Waals surface area contributed by atoms with Crippen LogP contribution in [-0.2, 0) is 20.3 Å². The number of hydrogen-bond acceptors (Lipinski definition) is 5. The summed E-state index contributed by atoms with van der Waals surface area (Å²) in [4.78, 5) is 4.81. The molecule has 130 valence electrons. The van der Waals surface area contributed by atoms with Crippen LogP contribution in [0.4, 0.5) is 5.69 Å². The van der Waals surface area contributed by atoms with Crippen LogP contribution in [0, 0.1) is 18.6 Å². The van der Waals surface area contributed by atoms with Gasteiger partial charge in [0, 0.05) is 38.9 Å². The second-order valence-corrected chi connectivity index (χ2v) is 6.75. The van der Waals surface area contributed by atoms with Crippen molar-refractivity contribution in [3.05, 3.63) is 39.9 Å². The summed E-state index contributed by atoms with van der Waals surface area (Å²) in [6.07, 6.45) is 0.